The largest absolute Gasteiger partial charge is 0.493 e. The van der Waals surface area contributed by atoms with Crippen molar-refractivity contribution in [3.05, 3.63) is 74.4 Å². The van der Waals surface area contributed by atoms with Crippen LogP contribution in [-0.4, -0.2) is 68.8 Å². The zero-order chi connectivity index (χ0) is 29.8. The Morgan fingerprint density at radius 2 is 1.73 bits per heavy atom. The zero-order valence-electron chi connectivity index (χ0n) is 24.5. The number of benzene rings is 2. The minimum Gasteiger partial charge on any atom is -0.493 e. The van der Waals surface area contributed by atoms with Gasteiger partial charge in [0.1, 0.15) is 6.54 Å². The zero-order valence-corrected chi connectivity index (χ0v) is 26.1. The SMILES string of the molecule is CCOCCCN(CC(=O)N(CCc1ccc(OC)c(OC)c1)Cc1ccc(C)s1)C(=O)Nc1ccc(C)c(Cl)c1. The molecule has 0 saturated heterocycles. The van der Waals surface area contributed by atoms with E-state index in [2.05, 4.69) is 11.4 Å². The van der Waals surface area contributed by atoms with E-state index in [1.54, 1.807) is 37.7 Å². The Morgan fingerprint density at radius 3 is 2.39 bits per heavy atom. The molecular weight excluding hydrogens is 562 g/mol. The Hall–Kier alpha value is -3.27. The van der Waals surface area contributed by atoms with Crippen LogP contribution in [0.25, 0.3) is 0 Å². The molecule has 0 aliphatic heterocycles. The molecule has 1 heterocycles. The normalized spacial score (nSPS) is 10.8. The van der Waals surface area contributed by atoms with Crippen LogP contribution >= 0.6 is 22.9 Å². The van der Waals surface area contributed by atoms with Gasteiger partial charge in [0.15, 0.2) is 11.5 Å². The minimum absolute atomic E-state index is 0.0617. The number of thiophene rings is 1. The van der Waals surface area contributed by atoms with Crippen LogP contribution in [0.1, 0.15) is 34.2 Å². The summed E-state index contributed by atoms with van der Waals surface area (Å²) in [7, 11) is 3.21. The van der Waals surface area contributed by atoms with Crippen LogP contribution in [0.5, 0.6) is 11.5 Å². The summed E-state index contributed by atoms with van der Waals surface area (Å²) in [6.45, 7) is 8.23. The molecule has 3 aromatic rings. The molecule has 0 fully saturated rings. The van der Waals surface area contributed by atoms with Crippen LogP contribution < -0.4 is 14.8 Å². The standard InChI is InChI=1S/C31H40ClN3O5S/c1-6-40-17-7-15-35(31(37)33-25-11-8-22(2)27(32)19-25)21-30(36)34(20-26-12-9-23(3)41-26)16-14-24-10-13-28(38-4)29(18-24)39-5/h8-13,18-19H,6-7,14-17,20-21H2,1-5H3,(H,33,37). The molecular formula is C31H40ClN3O5S. The van der Waals surface area contributed by atoms with Crippen LogP contribution in [0, 0.1) is 13.8 Å². The average Bonchev–Trinajstić information content (AvgIpc) is 3.38. The lowest BCUT2D eigenvalue weighted by Gasteiger charge is -2.28. The first-order valence-corrected chi connectivity index (χ1v) is 14.9. The van der Waals surface area contributed by atoms with Crippen molar-refractivity contribution in [2.45, 2.75) is 40.2 Å². The number of hydrogen-bond donors (Lipinski definition) is 1. The fourth-order valence-corrected chi connectivity index (χ4v) is 5.33. The van der Waals surface area contributed by atoms with E-state index in [0.29, 0.717) is 67.9 Å². The van der Waals surface area contributed by atoms with Crippen molar-refractivity contribution >= 4 is 40.6 Å². The predicted molar refractivity (Wildman–Crippen MR) is 166 cm³/mol. The Labute approximate surface area is 252 Å². The van der Waals surface area contributed by atoms with Gasteiger partial charge in [-0.2, -0.15) is 0 Å². The smallest absolute Gasteiger partial charge is 0.322 e. The summed E-state index contributed by atoms with van der Waals surface area (Å²) in [4.78, 5) is 32.7. The molecule has 10 heteroatoms. The van der Waals surface area contributed by atoms with Crippen LogP contribution in [0.4, 0.5) is 10.5 Å². The molecule has 0 atom stereocenters. The summed E-state index contributed by atoms with van der Waals surface area (Å²) < 4.78 is 16.3. The van der Waals surface area contributed by atoms with Crippen LogP contribution in [0.3, 0.4) is 0 Å². The van der Waals surface area contributed by atoms with Gasteiger partial charge in [0.2, 0.25) is 5.91 Å². The molecule has 1 aromatic heterocycles. The fourth-order valence-electron chi connectivity index (χ4n) is 4.24. The highest BCUT2D eigenvalue weighted by molar-refractivity contribution is 7.11. The maximum absolute atomic E-state index is 13.8. The topological polar surface area (TPSA) is 80.3 Å². The molecule has 0 saturated carbocycles. The summed E-state index contributed by atoms with van der Waals surface area (Å²) in [5.41, 5.74) is 2.51. The summed E-state index contributed by atoms with van der Waals surface area (Å²) in [5.74, 6) is 1.16. The van der Waals surface area contributed by atoms with E-state index in [1.165, 1.54) is 9.78 Å². The number of urea groups is 1. The quantitative estimate of drug-likeness (QED) is 0.199. The van der Waals surface area contributed by atoms with Crippen molar-refractivity contribution in [3.63, 3.8) is 0 Å². The lowest BCUT2D eigenvalue weighted by molar-refractivity contribution is -0.132. The number of hydrogen-bond acceptors (Lipinski definition) is 6. The third-order valence-electron chi connectivity index (χ3n) is 6.57. The number of amides is 3. The molecule has 8 nitrogen and oxygen atoms in total. The maximum atomic E-state index is 13.8. The number of methoxy groups -OCH3 is 2. The number of nitrogens with zero attached hydrogens (tertiary/aromatic N) is 2. The van der Waals surface area contributed by atoms with E-state index in [4.69, 9.17) is 25.8 Å². The van der Waals surface area contributed by atoms with E-state index < -0.39 is 0 Å². The van der Waals surface area contributed by atoms with Gasteiger partial charge in [-0.1, -0.05) is 23.7 Å². The fraction of sp³-hybridized carbons (Fsp3) is 0.419. The first-order valence-electron chi connectivity index (χ1n) is 13.7. The van der Waals surface area contributed by atoms with E-state index in [9.17, 15) is 9.59 Å². The van der Waals surface area contributed by atoms with Crippen molar-refractivity contribution in [3.8, 4) is 11.5 Å². The molecule has 3 amide bonds. The van der Waals surface area contributed by atoms with Crippen molar-refractivity contribution in [2.24, 2.45) is 0 Å². The third kappa shape index (κ3) is 9.95. The van der Waals surface area contributed by atoms with E-state index in [-0.39, 0.29) is 18.5 Å². The summed E-state index contributed by atoms with van der Waals surface area (Å²) in [6.07, 6.45) is 1.23. The van der Waals surface area contributed by atoms with Gasteiger partial charge in [-0.3, -0.25) is 4.79 Å². The van der Waals surface area contributed by atoms with Gasteiger partial charge in [-0.05, 0) is 81.1 Å². The Kier molecular flexibility index (Phi) is 12.8. The van der Waals surface area contributed by atoms with Gasteiger partial charge in [0.25, 0.3) is 0 Å². The summed E-state index contributed by atoms with van der Waals surface area (Å²) in [6, 6.07) is 14.9. The van der Waals surface area contributed by atoms with Gasteiger partial charge < -0.3 is 29.3 Å². The molecule has 0 spiro atoms. The number of aryl methyl sites for hydroxylation is 2. The Balaban J connectivity index is 1.77. The molecule has 0 aliphatic rings. The van der Waals surface area contributed by atoms with Gasteiger partial charge in [-0.25, -0.2) is 4.79 Å². The van der Waals surface area contributed by atoms with Gasteiger partial charge in [0.05, 0.1) is 20.8 Å². The van der Waals surface area contributed by atoms with E-state index in [1.807, 2.05) is 56.0 Å². The molecule has 222 valence electrons. The van der Waals surface area contributed by atoms with Crippen molar-refractivity contribution < 1.29 is 23.8 Å². The van der Waals surface area contributed by atoms with E-state index >= 15 is 0 Å². The maximum Gasteiger partial charge on any atom is 0.322 e. The number of nitrogens with one attached hydrogen (secondary N) is 1. The second-order valence-electron chi connectivity index (χ2n) is 9.63. The highest BCUT2D eigenvalue weighted by Gasteiger charge is 2.22. The van der Waals surface area contributed by atoms with E-state index in [0.717, 1.165) is 16.0 Å². The highest BCUT2D eigenvalue weighted by atomic mass is 35.5. The Morgan fingerprint density at radius 1 is 0.951 bits per heavy atom. The summed E-state index contributed by atoms with van der Waals surface area (Å²) >= 11 is 7.93. The average molecular weight is 602 g/mol. The predicted octanol–water partition coefficient (Wildman–Crippen LogP) is 6.57. The highest BCUT2D eigenvalue weighted by Crippen LogP contribution is 2.28. The molecule has 0 radical (unpaired) electrons. The second kappa shape index (κ2) is 16.2. The van der Waals surface area contributed by atoms with Crippen molar-refractivity contribution in [1.29, 1.82) is 0 Å². The van der Waals surface area contributed by atoms with Gasteiger partial charge in [0, 0.05) is 46.8 Å². The van der Waals surface area contributed by atoms with Crippen LogP contribution in [-0.2, 0) is 22.5 Å². The lowest BCUT2D eigenvalue weighted by Crippen LogP contribution is -2.45. The molecule has 1 N–H and O–H groups in total. The number of carbonyl (C=O) groups excluding carboxylic acids is 2. The molecule has 41 heavy (non-hydrogen) atoms. The summed E-state index contributed by atoms with van der Waals surface area (Å²) in [5, 5.41) is 3.46. The monoisotopic (exact) mass is 601 g/mol. The third-order valence-corrected chi connectivity index (χ3v) is 7.96. The van der Waals surface area contributed by atoms with Crippen molar-refractivity contribution in [2.75, 3.05) is 52.4 Å². The number of ether oxygens (including phenoxy) is 3. The second-order valence-corrected chi connectivity index (χ2v) is 11.4. The first-order chi connectivity index (χ1) is 19.7. The van der Waals surface area contributed by atoms with Gasteiger partial charge >= 0.3 is 6.03 Å². The van der Waals surface area contributed by atoms with Crippen LogP contribution in [0.2, 0.25) is 5.02 Å². The number of carbonyl (C=O) groups is 2. The molecule has 0 bridgehead atoms. The lowest BCUT2D eigenvalue weighted by atomic mass is 10.1. The minimum atomic E-state index is -0.360. The number of halogens is 1. The number of anilines is 1. The molecule has 2 aromatic carbocycles. The molecule has 3 rings (SSSR count). The van der Waals surface area contributed by atoms with Crippen LogP contribution in [0.15, 0.2) is 48.5 Å². The number of rotatable bonds is 15. The first kappa shape index (κ1) is 32.2. The molecule has 0 aliphatic carbocycles. The van der Waals surface area contributed by atoms with Crippen molar-refractivity contribution in [1.82, 2.24) is 9.80 Å². The Bertz CT molecular complexity index is 1300. The van der Waals surface area contributed by atoms with Gasteiger partial charge in [-0.15, -0.1) is 11.3 Å². The molecule has 0 unspecified atom stereocenters.